The summed E-state index contributed by atoms with van der Waals surface area (Å²) in [6.07, 6.45) is 0. The Morgan fingerprint density at radius 3 is 2.64 bits per heavy atom. The van der Waals surface area contributed by atoms with E-state index < -0.39 is 6.04 Å². The van der Waals surface area contributed by atoms with E-state index in [1.165, 1.54) is 0 Å². The quantitative estimate of drug-likeness (QED) is 0.757. The average Bonchev–Trinajstić information content (AvgIpc) is 3.11. The molecule has 0 aliphatic heterocycles. The third kappa shape index (κ3) is 5.92. The summed E-state index contributed by atoms with van der Waals surface area (Å²) in [6.45, 7) is 5.26. The maximum Gasteiger partial charge on any atom is 0.239 e. The number of rotatable bonds is 8. The molecule has 0 spiro atoms. The summed E-state index contributed by atoms with van der Waals surface area (Å²) in [5.41, 5.74) is 6.68. The maximum absolute atomic E-state index is 12.1. The Kier molecular flexibility index (Phi) is 8.75. The molecule has 7 heteroatoms. The lowest BCUT2D eigenvalue weighted by atomic mass is 10.1. The summed E-state index contributed by atoms with van der Waals surface area (Å²) in [6, 6.07) is 9.26. The Morgan fingerprint density at radius 2 is 2.08 bits per heavy atom. The molecule has 0 radical (unpaired) electrons. The standard InChI is InChI=1S/C18H24N2O3S.ClH/c1-4-20(18(21)13(2)19)11-14-7-8-16(17(10-14)22-3)23-12-15-6-5-9-24-15;/h5-10,13H,4,11-12,19H2,1-3H3;1H. The van der Waals surface area contributed by atoms with Crippen LogP contribution < -0.4 is 15.2 Å². The van der Waals surface area contributed by atoms with Crippen molar-refractivity contribution >= 4 is 29.7 Å². The minimum Gasteiger partial charge on any atom is -0.493 e. The van der Waals surface area contributed by atoms with Crippen LogP contribution in [0.3, 0.4) is 0 Å². The van der Waals surface area contributed by atoms with Crippen LogP contribution in [-0.4, -0.2) is 30.5 Å². The number of nitrogens with two attached hydrogens (primary N) is 1. The number of benzene rings is 1. The number of likely N-dealkylation sites (N-methyl/N-ethyl adjacent to an activating group) is 1. The van der Waals surface area contributed by atoms with E-state index in [9.17, 15) is 4.79 Å². The highest BCUT2D eigenvalue weighted by molar-refractivity contribution is 7.09. The Balaban J connectivity index is 0.00000312. The van der Waals surface area contributed by atoms with Crippen molar-refractivity contribution in [3.63, 3.8) is 0 Å². The molecule has 0 saturated heterocycles. The number of methoxy groups -OCH3 is 1. The molecule has 1 aromatic heterocycles. The third-order valence-electron chi connectivity index (χ3n) is 3.63. The van der Waals surface area contributed by atoms with Crippen molar-refractivity contribution < 1.29 is 14.3 Å². The number of halogens is 1. The first-order valence-electron chi connectivity index (χ1n) is 7.91. The van der Waals surface area contributed by atoms with Crippen LogP contribution in [0.2, 0.25) is 0 Å². The minimum atomic E-state index is -0.500. The molecular formula is C18H25ClN2O3S. The monoisotopic (exact) mass is 384 g/mol. The normalized spacial score (nSPS) is 11.4. The van der Waals surface area contributed by atoms with E-state index in [2.05, 4.69) is 0 Å². The van der Waals surface area contributed by atoms with Crippen LogP contribution in [0.4, 0.5) is 0 Å². The van der Waals surface area contributed by atoms with Crippen molar-refractivity contribution in [2.45, 2.75) is 33.0 Å². The predicted octanol–water partition coefficient (Wildman–Crippen LogP) is 3.45. The van der Waals surface area contributed by atoms with Gasteiger partial charge in [0.05, 0.1) is 13.2 Å². The van der Waals surface area contributed by atoms with Crippen LogP contribution >= 0.6 is 23.7 Å². The molecule has 1 atom stereocenters. The zero-order valence-electron chi connectivity index (χ0n) is 14.7. The van der Waals surface area contributed by atoms with E-state index in [0.717, 1.165) is 10.4 Å². The van der Waals surface area contributed by atoms with E-state index in [1.54, 1.807) is 30.3 Å². The first kappa shape index (κ1) is 21.3. The fourth-order valence-corrected chi connectivity index (χ4v) is 2.94. The Bertz CT molecular complexity index is 662. The van der Waals surface area contributed by atoms with Gasteiger partial charge < -0.3 is 20.1 Å². The lowest BCUT2D eigenvalue weighted by molar-refractivity contribution is -0.132. The van der Waals surface area contributed by atoms with Gasteiger partial charge in [0.1, 0.15) is 6.61 Å². The zero-order valence-corrected chi connectivity index (χ0v) is 16.4. The molecule has 0 saturated carbocycles. The van der Waals surface area contributed by atoms with Crippen LogP contribution in [-0.2, 0) is 17.9 Å². The van der Waals surface area contributed by atoms with Crippen molar-refractivity contribution in [3.8, 4) is 11.5 Å². The molecule has 0 aliphatic rings. The van der Waals surface area contributed by atoms with Gasteiger partial charge in [0.25, 0.3) is 0 Å². The summed E-state index contributed by atoms with van der Waals surface area (Å²) >= 11 is 1.65. The van der Waals surface area contributed by atoms with Crippen LogP contribution in [0.15, 0.2) is 35.7 Å². The highest BCUT2D eigenvalue weighted by Crippen LogP contribution is 2.29. The van der Waals surface area contributed by atoms with Gasteiger partial charge in [-0.25, -0.2) is 0 Å². The van der Waals surface area contributed by atoms with Crippen molar-refractivity contribution in [1.82, 2.24) is 4.90 Å². The van der Waals surface area contributed by atoms with Crippen molar-refractivity contribution in [1.29, 1.82) is 0 Å². The summed E-state index contributed by atoms with van der Waals surface area (Å²) in [5.74, 6) is 1.29. The van der Waals surface area contributed by atoms with Crippen molar-refractivity contribution in [2.24, 2.45) is 5.73 Å². The largest absolute Gasteiger partial charge is 0.493 e. The molecule has 138 valence electrons. The number of carbonyl (C=O) groups is 1. The maximum atomic E-state index is 12.1. The van der Waals surface area contributed by atoms with Crippen LogP contribution in [0.1, 0.15) is 24.3 Å². The molecule has 2 aromatic rings. The molecule has 1 aromatic carbocycles. The van der Waals surface area contributed by atoms with E-state index in [0.29, 0.717) is 31.2 Å². The van der Waals surface area contributed by atoms with Gasteiger partial charge in [0.15, 0.2) is 11.5 Å². The molecule has 2 rings (SSSR count). The van der Waals surface area contributed by atoms with E-state index in [1.807, 2.05) is 42.6 Å². The van der Waals surface area contributed by atoms with Crippen LogP contribution in [0, 0.1) is 0 Å². The first-order valence-corrected chi connectivity index (χ1v) is 8.79. The number of amides is 1. The summed E-state index contributed by atoms with van der Waals surface area (Å²) in [7, 11) is 1.61. The van der Waals surface area contributed by atoms with E-state index in [4.69, 9.17) is 15.2 Å². The van der Waals surface area contributed by atoms with Crippen LogP contribution in [0.25, 0.3) is 0 Å². The van der Waals surface area contributed by atoms with Gasteiger partial charge in [-0.15, -0.1) is 23.7 Å². The Labute approximate surface area is 159 Å². The summed E-state index contributed by atoms with van der Waals surface area (Å²) < 4.78 is 11.3. The number of ether oxygens (including phenoxy) is 2. The molecule has 0 bridgehead atoms. The SMILES string of the molecule is CCN(Cc1ccc(OCc2cccs2)c(OC)c1)C(=O)C(C)N.Cl. The first-order chi connectivity index (χ1) is 11.5. The molecule has 2 N–H and O–H groups in total. The summed E-state index contributed by atoms with van der Waals surface area (Å²) in [4.78, 5) is 15.0. The lowest BCUT2D eigenvalue weighted by Gasteiger charge is -2.23. The second kappa shape index (κ2) is 10.3. The molecule has 25 heavy (non-hydrogen) atoms. The highest BCUT2D eigenvalue weighted by atomic mass is 35.5. The van der Waals surface area contributed by atoms with Gasteiger partial charge in [0, 0.05) is 18.0 Å². The molecular weight excluding hydrogens is 360 g/mol. The number of carbonyl (C=O) groups excluding carboxylic acids is 1. The average molecular weight is 385 g/mol. The summed E-state index contributed by atoms with van der Waals surface area (Å²) in [5, 5.41) is 2.02. The molecule has 5 nitrogen and oxygen atoms in total. The van der Waals surface area contributed by atoms with E-state index >= 15 is 0 Å². The smallest absolute Gasteiger partial charge is 0.239 e. The van der Waals surface area contributed by atoms with Gasteiger partial charge in [0.2, 0.25) is 5.91 Å². The molecule has 1 heterocycles. The predicted molar refractivity (Wildman–Crippen MR) is 104 cm³/mol. The number of hydrogen-bond donors (Lipinski definition) is 1. The van der Waals surface area contributed by atoms with Gasteiger partial charge in [-0.2, -0.15) is 0 Å². The molecule has 0 aliphatic carbocycles. The fourth-order valence-electron chi connectivity index (χ4n) is 2.33. The molecule has 0 fully saturated rings. The lowest BCUT2D eigenvalue weighted by Crippen LogP contribution is -2.41. The molecule has 1 unspecified atom stereocenters. The minimum absolute atomic E-state index is 0. The fraction of sp³-hybridized carbons (Fsp3) is 0.389. The van der Waals surface area contributed by atoms with E-state index in [-0.39, 0.29) is 18.3 Å². The number of hydrogen-bond acceptors (Lipinski definition) is 5. The zero-order chi connectivity index (χ0) is 17.5. The van der Waals surface area contributed by atoms with Gasteiger partial charge >= 0.3 is 0 Å². The van der Waals surface area contributed by atoms with Gasteiger partial charge in [-0.3, -0.25) is 4.79 Å². The highest BCUT2D eigenvalue weighted by Gasteiger charge is 2.17. The second-order valence-corrected chi connectivity index (χ2v) is 6.53. The van der Waals surface area contributed by atoms with Gasteiger partial charge in [-0.1, -0.05) is 12.1 Å². The number of thiophene rings is 1. The topological polar surface area (TPSA) is 64.8 Å². The number of nitrogens with zero attached hydrogens (tertiary/aromatic N) is 1. The Hall–Kier alpha value is -1.76. The van der Waals surface area contributed by atoms with Crippen molar-refractivity contribution in [2.75, 3.05) is 13.7 Å². The van der Waals surface area contributed by atoms with Gasteiger partial charge in [-0.05, 0) is 43.0 Å². The molecule has 1 amide bonds. The van der Waals surface area contributed by atoms with Crippen LogP contribution in [0.5, 0.6) is 11.5 Å². The third-order valence-corrected chi connectivity index (χ3v) is 4.48. The Morgan fingerprint density at radius 1 is 1.32 bits per heavy atom. The van der Waals surface area contributed by atoms with Crippen molar-refractivity contribution in [3.05, 3.63) is 46.2 Å². The second-order valence-electron chi connectivity index (χ2n) is 5.49.